The zero-order chi connectivity index (χ0) is 22.2. The lowest BCUT2D eigenvalue weighted by Crippen LogP contribution is -2.15. The number of aromatic nitrogens is 3. The summed E-state index contributed by atoms with van der Waals surface area (Å²) in [7, 11) is 0. The Morgan fingerprint density at radius 3 is 2.53 bits per heavy atom. The fourth-order valence-electron chi connectivity index (χ4n) is 3.62. The van der Waals surface area contributed by atoms with Gasteiger partial charge in [0.25, 0.3) is 11.1 Å². The highest BCUT2D eigenvalue weighted by Crippen LogP contribution is 2.36. The summed E-state index contributed by atoms with van der Waals surface area (Å²) < 4.78 is 1.40. The maximum Gasteiger partial charge on any atom is 0.262 e. The van der Waals surface area contributed by atoms with Gasteiger partial charge < -0.3 is 4.98 Å². The fourth-order valence-corrected chi connectivity index (χ4v) is 4.95. The molecule has 0 fully saturated rings. The quantitative estimate of drug-likeness (QED) is 0.330. The van der Waals surface area contributed by atoms with E-state index in [1.807, 2.05) is 36.4 Å². The van der Waals surface area contributed by atoms with Gasteiger partial charge in [-0.2, -0.15) is 0 Å². The SMILES string of the molecule is O=c1[nH]c2ccc(Cl)cc2c(-c2ccccc2)c1SCc1cc(=O)n2cc(Cl)ccc2n1. The molecule has 8 heteroatoms. The Morgan fingerprint density at radius 1 is 0.938 bits per heavy atom. The first-order chi connectivity index (χ1) is 15.5. The number of nitrogens with one attached hydrogen (secondary N) is 1. The number of rotatable bonds is 4. The maximum atomic E-state index is 13.0. The van der Waals surface area contributed by atoms with Crippen LogP contribution in [0.3, 0.4) is 0 Å². The number of hydrogen-bond donors (Lipinski definition) is 1. The van der Waals surface area contributed by atoms with Crippen LogP contribution >= 0.6 is 35.0 Å². The van der Waals surface area contributed by atoms with E-state index in [9.17, 15) is 9.59 Å². The van der Waals surface area contributed by atoms with E-state index in [2.05, 4.69) is 9.97 Å². The van der Waals surface area contributed by atoms with E-state index >= 15 is 0 Å². The molecule has 0 spiro atoms. The van der Waals surface area contributed by atoms with Crippen molar-refractivity contribution in [3.8, 4) is 11.1 Å². The normalized spacial score (nSPS) is 11.3. The summed E-state index contributed by atoms with van der Waals surface area (Å²) in [6.45, 7) is 0. The van der Waals surface area contributed by atoms with Crippen LogP contribution < -0.4 is 11.1 Å². The third-order valence-electron chi connectivity index (χ3n) is 5.04. The second-order valence-corrected chi connectivity index (χ2v) is 9.02. The lowest BCUT2D eigenvalue weighted by Gasteiger charge is -2.13. The standard InChI is InChI=1S/C24H15Cl2N3O2S/c25-15-6-8-19-18(10-15)22(14-4-2-1-3-5-14)23(24(31)28-19)32-13-17-11-21(30)29-12-16(26)7-9-20(29)27-17/h1-12H,13H2,(H,28,31). The molecule has 0 bridgehead atoms. The molecule has 0 saturated heterocycles. The van der Waals surface area contributed by atoms with Crippen LogP contribution in [0.15, 0.2) is 87.4 Å². The second kappa shape index (κ2) is 8.47. The zero-order valence-electron chi connectivity index (χ0n) is 16.5. The minimum absolute atomic E-state index is 0.201. The minimum Gasteiger partial charge on any atom is -0.321 e. The number of benzene rings is 2. The molecule has 3 heterocycles. The van der Waals surface area contributed by atoms with Crippen LogP contribution in [0.2, 0.25) is 10.0 Å². The van der Waals surface area contributed by atoms with Gasteiger partial charge in [0, 0.05) is 39.5 Å². The van der Waals surface area contributed by atoms with E-state index in [-0.39, 0.29) is 11.1 Å². The Hall–Kier alpha value is -3.06. The molecule has 0 saturated carbocycles. The molecular weight excluding hydrogens is 465 g/mol. The van der Waals surface area contributed by atoms with Crippen LogP contribution in [-0.4, -0.2) is 14.4 Å². The number of halogens is 2. The highest BCUT2D eigenvalue weighted by Gasteiger charge is 2.16. The van der Waals surface area contributed by atoms with Crippen molar-refractivity contribution in [2.45, 2.75) is 10.6 Å². The average molecular weight is 480 g/mol. The van der Waals surface area contributed by atoms with Crippen LogP contribution in [0, 0.1) is 0 Å². The van der Waals surface area contributed by atoms with Gasteiger partial charge in [0.05, 0.1) is 15.6 Å². The lowest BCUT2D eigenvalue weighted by molar-refractivity contribution is 1.01. The van der Waals surface area contributed by atoms with E-state index in [0.29, 0.717) is 37.6 Å². The molecule has 0 unspecified atom stereocenters. The molecule has 1 N–H and O–H groups in total. The number of aromatic amines is 1. The van der Waals surface area contributed by atoms with Crippen LogP contribution in [0.1, 0.15) is 5.69 Å². The Morgan fingerprint density at radius 2 is 1.72 bits per heavy atom. The number of H-pyrrole nitrogens is 1. The van der Waals surface area contributed by atoms with Crippen LogP contribution in [0.25, 0.3) is 27.7 Å². The van der Waals surface area contributed by atoms with Gasteiger partial charge in [-0.1, -0.05) is 53.5 Å². The molecule has 0 atom stereocenters. The second-order valence-electron chi connectivity index (χ2n) is 7.16. The highest BCUT2D eigenvalue weighted by atomic mass is 35.5. The molecule has 0 aliphatic heterocycles. The Labute approximate surface area is 196 Å². The molecule has 3 aromatic heterocycles. The maximum absolute atomic E-state index is 13.0. The largest absolute Gasteiger partial charge is 0.321 e. The van der Waals surface area contributed by atoms with Gasteiger partial charge in [-0.05, 0) is 35.9 Å². The number of pyridine rings is 2. The molecule has 32 heavy (non-hydrogen) atoms. The van der Waals surface area contributed by atoms with Crippen LogP contribution in [0.5, 0.6) is 0 Å². The van der Waals surface area contributed by atoms with Crippen molar-refractivity contribution in [3.63, 3.8) is 0 Å². The van der Waals surface area contributed by atoms with E-state index < -0.39 is 0 Å². The molecular formula is C24H15Cl2N3O2S. The van der Waals surface area contributed by atoms with Crippen LogP contribution in [-0.2, 0) is 5.75 Å². The van der Waals surface area contributed by atoms with Gasteiger partial charge in [0.2, 0.25) is 0 Å². The Bertz CT molecular complexity index is 1600. The van der Waals surface area contributed by atoms with Crippen molar-refractivity contribution >= 4 is 51.5 Å². The molecule has 5 aromatic rings. The van der Waals surface area contributed by atoms with Gasteiger partial charge in [-0.25, -0.2) is 4.98 Å². The predicted molar refractivity (Wildman–Crippen MR) is 131 cm³/mol. The Balaban J connectivity index is 1.62. The van der Waals surface area contributed by atoms with E-state index in [4.69, 9.17) is 23.2 Å². The monoisotopic (exact) mass is 479 g/mol. The summed E-state index contributed by atoms with van der Waals surface area (Å²) in [5.74, 6) is 0.351. The summed E-state index contributed by atoms with van der Waals surface area (Å²) in [4.78, 5) is 33.6. The molecule has 0 amide bonds. The summed E-state index contributed by atoms with van der Waals surface area (Å²) in [6.07, 6.45) is 1.54. The smallest absolute Gasteiger partial charge is 0.262 e. The summed E-state index contributed by atoms with van der Waals surface area (Å²) in [5.41, 5.74) is 3.08. The first kappa shape index (κ1) is 20.8. The fraction of sp³-hybridized carbons (Fsp3) is 0.0417. The van der Waals surface area contributed by atoms with Crippen molar-refractivity contribution in [1.82, 2.24) is 14.4 Å². The Kier molecular flexibility index (Phi) is 5.51. The molecule has 0 aliphatic rings. The first-order valence-electron chi connectivity index (χ1n) is 9.71. The summed E-state index contributed by atoms with van der Waals surface area (Å²) >= 11 is 13.6. The van der Waals surface area contributed by atoms with Crippen molar-refractivity contribution in [2.24, 2.45) is 0 Å². The number of thioether (sulfide) groups is 1. The van der Waals surface area contributed by atoms with Gasteiger partial charge in [0.1, 0.15) is 5.65 Å². The number of nitrogens with zero attached hydrogens (tertiary/aromatic N) is 2. The topological polar surface area (TPSA) is 67.2 Å². The molecule has 2 aromatic carbocycles. The van der Waals surface area contributed by atoms with Crippen molar-refractivity contribution in [1.29, 1.82) is 0 Å². The van der Waals surface area contributed by atoms with Gasteiger partial charge in [0.15, 0.2) is 0 Å². The molecule has 0 radical (unpaired) electrons. The van der Waals surface area contributed by atoms with E-state index in [0.717, 1.165) is 16.5 Å². The minimum atomic E-state index is -0.226. The molecule has 5 rings (SSSR count). The van der Waals surface area contributed by atoms with Crippen molar-refractivity contribution < 1.29 is 0 Å². The molecule has 0 aliphatic carbocycles. The number of hydrogen-bond acceptors (Lipinski definition) is 4. The van der Waals surface area contributed by atoms with Crippen molar-refractivity contribution in [3.05, 3.63) is 109 Å². The summed E-state index contributed by atoms with van der Waals surface area (Å²) in [6, 6.07) is 20.0. The predicted octanol–water partition coefficient (Wildman–Crippen LogP) is 5.80. The van der Waals surface area contributed by atoms with E-state index in [1.165, 1.54) is 28.4 Å². The highest BCUT2D eigenvalue weighted by molar-refractivity contribution is 7.98. The zero-order valence-corrected chi connectivity index (χ0v) is 18.8. The molecule has 5 nitrogen and oxygen atoms in total. The lowest BCUT2D eigenvalue weighted by atomic mass is 10.0. The first-order valence-corrected chi connectivity index (χ1v) is 11.5. The number of fused-ring (bicyclic) bond motifs is 2. The molecule has 158 valence electrons. The third-order valence-corrected chi connectivity index (χ3v) is 6.61. The van der Waals surface area contributed by atoms with Crippen LogP contribution in [0.4, 0.5) is 0 Å². The third kappa shape index (κ3) is 3.93. The van der Waals surface area contributed by atoms with Crippen molar-refractivity contribution in [2.75, 3.05) is 0 Å². The van der Waals surface area contributed by atoms with Gasteiger partial charge in [-0.3, -0.25) is 14.0 Å². The van der Waals surface area contributed by atoms with E-state index in [1.54, 1.807) is 24.3 Å². The summed E-state index contributed by atoms with van der Waals surface area (Å²) in [5, 5.41) is 1.89. The van der Waals surface area contributed by atoms with Gasteiger partial charge in [-0.15, -0.1) is 11.8 Å². The average Bonchev–Trinajstić information content (AvgIpc) is 2.79. The van der Waals surface area contributed by atoms with Gasteiger partial charge >= 0.3 is 0 Å².